The van der Waals surface area contributed by atoms with Crippen LogP contribution >= 0.6 is 10.7 Å². The maximum Gasteiger partial charge on any atom is 0.266 e. The van der Waals surface area contributed by atoms with Crippen LogP contribution in [-0.4, -0.2) is 20.5 Å². The molecule has 0 aliphatic carbocycles. The summed E-state index contributed by atoms with van der Waals surface area (Å²) in [5, 5.41) is 0. The van der Waals surface area contributed by atoms with Gasteiger partial charge < -0.3 is 9.47 Å². The Hall–Kier alpha value is -1.79. The predicted molar refractivity (Wildman–Crippen MR) is 74.6 cm³/mol. The number of methoxy groups -OCH3 is 1. The van der Waals surface area contributed by atoms with Gasteiger partial charge in [-0.25, -0.2) is 13.4 Å². The third-order valence-electron chi connectivity index (χ3n) is 2.51. The van der Waals surface area contributed by atoms with Crippen LogP contribution in [-0.2, 0) is 15.7 Å². The van der Waals surface area contributed by atoms with E-state index in [0.29, 0.717) is 5.75 Å². The van der Waals surface area contributed by atoms with Crippen molar-refractivity contribution in [3.8, 4) is 11.6 Å². The first-order valence-electron chi connectivity index (χ1n) is 5.66. The van der Waals surface area contributed by atoms with Crippen LogP contribution in [0.3, 0.4) is 0 Å². The highest BCUT2D eigenvalue weighted by molar-refractivity contribution is 8.13. The normalized spacial score (nSPS) is 11.1. The number of hydrogen-bond donors (Lipinski definition) is 0. The SMILES string of the molecule is COc1cccc(COc2ncccc2S(=O)(=O)Cl)c1. The average Bonchev–Trinajstić information content (AvgIpc) is 2.44. The molecule has 1 aromatic carbocycles. The molecule has 106 valence electrons. The van der Waals surface area contributed by atoms with E-state index in [1.807, 2.05) is 12.1 Å². The van der Waals surface area contributed by atoms with Crippen molar-refractivity contribution in [2.75, 3.05) is 7.11 Å². The Kier molecular flexibility index (Phi) is 4.46. The molecular formula is C13H12ClNO4S. The molecule has 0 atom stereocenters. The van der Waals surface area contributed by atoms with Gasteiger partial charge in [-0.2, -0.15) is 0 Å². The minimum Gasteiger partial charge on any atom is -0.497 e. The Bertz CT molecular complexity index is 703. The summed E-state index contributed by atoms with van der Waals surface area (Å²) in [5.41, 5.74) is 0.827. The molecule has 0 saturated carbocycles. The molecule has 1 aromatic heterocycles. The van der Waals surface area contributed by atoms with Gasteiger partial charge in [-0.1, -0.05) is 12.1 Å². The van der Waals surface area contributed by atoms with Gasteiger partial charge in [0.05, 0.1) is 7.11 Å². The van der Waals surface area contributed by atoms with E-state index in [0.717, 1.165) is 5.56 Å². The molecule has 7 heteroatoms. The highest BCUT2D eigenvalue weighted by atomic mass is 35.7. The summed E-state index contributed by atoms with van der Waals surface area (Å²) >= 11 is 0. The van der Waals surface area contributed by atoms with Crippen LogP contribution in [0.15, 0.2) is 47.5 Å². The zero-order valence-electron chi connectivity index (χ0n) is 10.6. The molecule has 0 saturated heterocycles. The third kappa shape index (κ3) is 3.61. The maximum atomic E-state index is 11.4. The van der Waals surface area contributed by atoms with Crippen LogP contribution < -0.4 is 9.47 Å². The van der Waals surface area contributed by atoms with Gasteiger partial charge in [0, 0.05) is 16.9 Å². The maximum absolute atomic E-state index is 11.4. The van der Waals surface area contributed by atoms with Crippen LogP contribution in [0.25, 0.3) is 0 Å². The second kappa shape index (κ2) is 6.11. The number of benzene rings is 1. The average molecular weight is 314 g/mol. The topological polar surface area (TPSA) is 65.5 Å². The number of nitrogens with zero attached hydrogens (tertiary/aromatic N) is 1. The lowest BCUT2D eigenvalue weighted by Gasteiger charge is -2.09. The number of halogens is 1. The van der Waals surface area contributed by atoms with Gasteiger partial charge in [0.2, 0.25) is 5.88 Å². The number of pyridine rings is 1. The van der Waals surface area contributed by atoms with Crippen molar-refractivity contribution in [1.29, 1.82) is 0 Å². The summed E-state index contributed by atoms with van der Waals surface area (Å²) in [6, 6.07) is 10.1. The molecule has 0 N–H and O–H groups in total. The molecule has 20 heavy (non-hydrogen) atoms. The highest BCUT2D eigenvalue weighted by Gasteiger charge is 2.17. The Morgan fingerprint density at radius 3 is 2.75 bits per heavy atom. The zero-order chi connectivity index (χ0) is 14.6. The number of ether oxygens (including phenoxy) is 2. The fourth-order valence-corrected chi connectivity index (χ4v) is 2.50. The Balaban J connectivity index is 2.19. The molecule has 0 fully saturated rings. The van der Waals surface area contributed by atoms with E-state index in [1.54, 1.807) is 19.2 Å². The van der Waals surface area contributed by atoms with E-state index in [1.165, 1.54) is 18.3 Å². The molecular weight excluding hydrogens is 302 g/mol. The minimum absolute atomic E-state index is 0.0229. The van der Waals surface area contributed by atoms with Gasteiger partial charge in [-0.15, -0.1) is 0 Å². The van der Waals surface area contributed by atoms with Crippen molar-refractivity contribution < 1.29 is 17.9 Å². The molecule has 1 heterocycles. The lowest BCUT2D eigenvalue weighted by molar-refractivity contribution is 0.284. The van der Waals surface area contributed by atoms with Crippen LogP contribution in [0, 0.1) is 0 Å². The quantitative estimate of drug-likeness (QED) is 0.794. The molecule has 0 radical (unpaired) electrons. The molecule has 0 unspecified atom stereocenters. The Morgan fingerprint density at radius 1 is 1.25 bits per heavy atom. The summed E-state index contributed by atoms with van der Waals surface area (Å²) < 4.78 is 33.3. The van der Waals surface area contributed by atoms with E-state index >= 15 is 0 Å². The lowest BCUT2D eigenvalue weighted by atomic mass is 10.2. The number of rotatable bonds is 5. The van der Waals surface area contributed by atoms with E-state index in [2.05, 4.69) is 4.98 Å². The van der Waals surface area contributed by atoms with Gasteiger partial charge >= 0.3 is 0 Å². The largest absolute Gasteiger partial charge is 0.497 e. The van der Waals surface area contributed by atoms with Gasteiger partial charge in [0.15, 0.2) is 0 Å². The summed E-state index contributed by atoms with van der Waals surface area (Å²) in [5.74, 6) is 0.669. The van der Waals surface area contributed by atoms with Gasteiger partial charge in [-0.05, 0) is 29.8 Å². The van der Waals surface area contributed by atoms with Crippen molar-refractivity contribution >= 4 is 19.7 Å². The van der Waals surface area contributed by atoms with Crippen molar-refractivity contribution in [3.05, 3.63) is 48.2 Å². The van der Waals surface area contributed by atoms with Crippen LogP contribution in [0.2, 0.25) is 0 Å². The summed E-state index contributed by atoms with van der Waals surface area (Å²) in [7, 11) is 3.00. The van der Waals surface area contributed by atoms with Crippen molar-refractivity contribution in [2.24, 2.45) is 0 Å². The zero-order valence-corrected chi connectivity index (χ0v) is 12.2. The molecule has 2 aromatic rings. The smallest absolute Gasteiger partial charge is 0.266 e. The number of hydrogen-bond acceptors (Lipinski definition) is 5. The summed E-state index contributed by atoms with van der Waals surface area (Å²) in [4.78, 5) is 3.74. The first-order chi connectivity index (χ1) is 9.50. The molecule has 0 spiro atoms. The molecule has 5 nitrogen and oxygen atoms in total. The standard InChI is InChI=1S/C13H12ClNO4S/c1-18-11-5-2-4-10(8-11)9-19-13-12(20(14,16)17)6-3-7-15-13/h2-8H,9H2,1H3. The molecule has 0 aliphatic rings. The van der Waals surface area contributed by atoms with E-state index in [-0.39, 0.29) is 17.4 Å². The van der Waals surface area contributed by atoms with Crippen molar-refractivity contribution in [1.82, 2.24) is 4.98 Å². The first-order valence-corrected chi connectivity index (χ1v) is 7.97. The predicted octanol–water partition coefficient (Wildman–Crippen LogP) is 2.60. The molecule has 0 amide bonds. The van der Waals surface area contributed by atoms with Crippen LogP contribution in [0.1, 0.15) is 5.56 Å². The van der Waals surface area contributed by atoms with Crippen LogP contribution in [0.4, 0.5) is 0 Å². The van der Waals surface area contributed by atoms with E-state index < -0.39 is 9.05 Å². The molecule has 0 bridgehead atoms. The van der Waals surface area contributed by atoms with E-state index in [4.69, 9.17) is 20.2 Å². The summed E-state index contributed by atoms with van der Waals surface area (Å²) in [6.45, 7) is 0.160. The van der Waals surface area contributed by atoms with E-state index in [9.17, 15) is 8.42 Å². The summed E-state index contributed by atoms with van der Waals surface area (Å²) in [6.07, 6.45) is 1.44. The fourth-order valence-electron chi connectivity index (χ4n) is 1.58. The molecule has 2 rings (SSSR count). The van der Waals surface area contributed by atoms with Gasteiger partial charge in [0.1, 0.15) is 17.3 Å². The van der Waals surface area contributed by atoms with Crippen molar-refractivity contribution in [2.45, 2.75) is 11.5 Å². The minimum atomic E-state index is -3.89. The Labute approximate surface area is 121 Å². The second-order valence-electron chi connectivity index (χ2n) is 3.88. The molecule has 0 aliphatic heterocycles. The monoisotopic (exact) mass is 313 g/mol. The number of aromatic nitrogens is 1. The first kappa shape index (κ1) is 14.6. The second-order valence-corrected chi connectivity index (χ2v) is 6.42. The highest BCUT2D eigenvalue weighted by Crippen LogP contribution is 2.25. The van der Waals surface area contributed by atoms with Crippen molar-refractivity contribution in [3.63, 3.8) is 0 Å². The fraction of sp³-hybridized carbons (Fsp3) is 0.154. The van der Waals surface area contributed by atoms with Gasteiger partial charge in [-0.3, -0.25) is 0 Å². The van der Waals surface area contributed by atoms with Crippen LogP contribution in [0.5, 0.6) is 11.6 Å². The Morgan fingerprint density at radius 2 is 2.05 bits per heavy atom. The lowest BCUT2D eigenvalue weighted by Crippen LogP contribution is -2.02. The third-order valence-corrected chi connectivity index (χ3v) is 3.84. The van der Waals surface area contributed by atoms with Gasteiger partial charge in [0.25, 0.3) is 9.05 Å².